The number of benzene rings is 2. The Bertz CT molecular complexity index is 587. The summed E-state index contributed by atoms with van der Waals surface area (Å²) in [7, 11) is 0. The van der Waals surface area contributed by atoms with Gasteiger partial charge in [-0.05, 0) is 29.8 Å². The molecule has 21 heavy (non-hydrogen) atoms. The molecule has 0 radical (unpaired) electrons. The van der Waals surface area contributed by atoms with Crippen LogP contribution in [0.2, 0.25) is 0 Å². The van der Waals surface area contributed by atoms with Crippen molar-refractivity contribution in [2.45, 2.75) is 12.9 Å². The van der Waals surface area contributed by atoms with Crippen molar-refractivity contribution in [2.24, 2.45) is 0 Å². The molecule has 2 aromatic rings. The van der Waals surface area contributed by atoms with Gasteiger partial charge in [0, 0.05) is 12.2 Å². The SMILES string of the molecule is Fc1ccc(CNNc2ccccc2)cc1OC(F)(F)F. The minimum absolute atomic E-state index is 0.198. The lowest BCUT2D eigenvalue weighted by Crippen LogP contribution is -2.21. The minimum atomic E-state index is -4.92. The predicted octanol–water partition coefficient (Wildman–Crippen LogP) is 3.84. The van der Waals surface area contributed by atoms with Gasteiger partial charge >= 0.3 is 6.36 Å². The van der Waals surface area contributed by atoms with Crippen LogP contribution in [0.4, 0.5) is 23.2 Å². The topological polar surface area (TPSA) is 33.3 Å². The summed E-state index contributed by atoms with van der Waals surface area (Å²) in [5.74, 6) is -1.91. The van der Waals surface area contributed by atoms with Gasteiger partial charge < -0.3 is 10.2 Å². The Labute approximate surface area is 118 Å². The van der Waals surface area contributed by atoms with Crippen LogP contribution in [0.3, 0.4) is 0 Å². The summed E-state index contributed by atoms with van der Waals surface area (Å²) in [5.41, 5.74) is 6.93. The van der Waals surface area contributed by atoms with Crippen LogP contribution in [-0.4, -0.2) is 6.36 Å². The van der Waals surface area contributed by atoms with Crippen molar-refractivity contribution in [3.63, 3.8) is 0 Å². The molecule has 0 fully saturated rings. The van der Waals surface area contributed by atoms with Crippen LogP contribution >= 0.6 is 0 Å². The molecule has 0 spiro atoms. The molecule has 0 atom stereocenters. The van der Waals surface area contributed by atoms with E-state index in [2.05, 4.69) is 15.6 Å². The highest BCUT2D eigenvalue weighted by molar-refractivity contribution is 5.41. The quantitative estimate of drug-likeness (QED) is 0.650. The Kier molecular flexibility index (Phi) is 4.64. The molecule has 0 saturated heterocycles. The second kappa shape index (κ2) is 6.45. The normalized spacial score (nSPS) is 11.2. The number of para-hydroxylation sites is 1. The smallest absolute Gasteiger partial charge is 0.403 e. The fourth-order valence-electron chi connectivity index (χ4n) is 1.63. The van der Waals surface area contributed by atoms with Gasteiger partial charge in [0.2, 0.25) is 0 Å². The average Bonchev–Trinajstić information content (AvgIpc) is 2.42. The van der Waals surface area contributed by atoms with Gasteiger partial charge in [0.05, 0.1) is 0 Å². The summed E-state index contributed by atoms with van der Waals surface area (Å²) in [6.45, 7) is 0.198. The van der Waals surface area contributed by atoms with Crippen LogP contribution in [0.25, 0.3) is 0 Å². The van der Waals surface area contributed by atoms with E-state index in [1.165, 1.54) is 6.07 Å². The van der Waals surface area contributed by atoms with Crippen molar-refractivity contribution in [3.05, 3.63) is 59.9 Å². The van der Waals surface area contributed by atoms with Gasteiger partial charge in [-0.25, -0.2) is 9.82 Å². The molecule has 0 aliphatic rings. The average molecular weight is 300 g/mol. The highest BCUT2D eigenvalue weighted by atomic mass is 19.4. The van der Waals surface area contributed by atoms with Gasteiger partial charge in [-0.15, -0.1) is 13.2 Å². The van der Waals surface area contributed by atoms with Crippen LogP contribution in [0.1, 0.15) is 5.56 Å². The fourth-order valence-corrected chi connectivity index (χ4v) is 1.63. The Hall–Kier alpha value is -2.28. The van der Waals surface area contributed by atoms with Crippen molar-refractivity contribution >= 4 is 5.69 Å². The summed E-state index contributed by atoms with van der Waals surface area (Å²) in [4.78, 5) is 0. The largest absolute Gasteiger partial charge is 0.573 e. The van der Waals surface area contributed by atoms with Crippen molar-refractivity contribution < 1.29 is 22.3 Å². The number of anilines is 1. The van der Waals surface area contributed by atoms with Crippen LogP contribution < -0.4 is 15.6 Å². The molecular weight excluding hydrogens is 288 g/mol. The first-order valence-corrected chi connectivity index (χ1v) is 6.02. The maximum Gasteiger partial charge on any atom is 0.573 e. The van der Waals surface area contributed by atoms with Crippen LogP contribution in [0, 0.1) is 5.82 Å². The van der Waals surface area contributed by atoms with Crippen molar-refractivity contribution in [1.82, 2.24) is 5.43 Å². The second-order valence-electron chi connectivity index (χ2n) is 4.16. The maximum absolute atomic E-state index is 13.2. The lowest BCUT2D eigenvalue weighted by molar-refractivity contribution is -0.275. The number of nitrogens with one attached hydrogen (secondary N) is 2. The zero-order valence-electron chi connectivity index (χ0n) is 10.7. The van der Waals surface area contributed by atoms with E-state index < -0.39 is 17.9 Å². The standard InChI is InChI=1S/C14H12F4N2O/c15-12-7-6-10(8-13(12)21-14(16,17)18)9-19-20-11-4-2-1-3-5-11/h1-8,19-20H,9H2. The number of rotatable bonds is 5. The monoisotopic (exact) mass is 300 g/mol. The number of hydrogen-bond acceptors (Lipinski definition) is 3. The van der Waals surface area contributed by atoms with Gasteiger partial charge in [-0.3, -0.25) is 0 Å². The third-order valence-electron chi connectivity index (χ3n) is 2.52. The molecule has 0 aliphatic heterocycles. The number of hydrazine groups is 1. The van der Waals surface area contributed by atoms with E-state index in [9.17, 15) is 17.6 Å². The predicted molar refractivity (Wildman–Crippen MR) is 70.0 cm³/mol. The summed E-state index contributed by atoms with van der Waals surface area (Å²) >= 11 is 0. The molecule has 0 bridgehead atoms. The summed E-state index contributed by atoms with van der Waals surface area (Å²) in [5, 5.41) is 0. The molecule has 2 rings (SSSR count). The van der Waals surface area contributed by atoms with E-state index in [1.54, 1.807) is 0 Å². The van der Waals surface area contributed by atoms with E-state index in [0.717, 1.165) is 17.8 Å². The Morgan fingerprint density at radius 1 is 1.00 bits per heavy atom. The Balaban J connectivity index is 1.96. The third-order valence-corrected chi connectivity index (χ3v) is 2.52. The molecule has 0 aromatic heterocycles. The maximum atomic E-state index is 13.2. The van der Waals surface area contributed by atoms with Gasteiger partial charge in [0.15, 0.2) is 11.6 Å². The number of ether oxygens (including phenoxy) is 1. The highest BCUT2D eigenvalue weighted by Crippen LogP contribution is 2.26. The van der Waals surface area contributed by atoms with E-state index in [4.69, 9.17) is 0 Å². The zero-order chi connectivity index (χ0) is 15.3. The van der Waals surface area contributed by atoms with Crippen LogP contribution in [0.15, 0.2) is 48.5 Å². The lowest BCUT2D eigenvalue weighted by atomic mass is 10.2. The van der Waals surface area contributed by atoms with Crippen molar-refractivity contribution in [1.29, 1.82) is 0 Å². The molecule has 112 valence electrons. The molecule has 0 heterocycles. The first-order chi connectivity index (χ1) is 9.94. The second-order valence-corrected chi connectivity index (χ2v) is 4.16. The number of halogens is 4. The molecule has 0 aliphatic carbocycles. The zero-order valence-corrected chi connectivity index (χ0v) is 10.7. The summed E-state index contributed by atoms with van der Waals surface area (Å²) < 4.78 is 53.2. The van der Waals surface area contributed by atoms with Gasteiger partial charge in [0.25, 0.3) is 0 Å². The van der Waals surface area contributed by atoms with Gasteiger partial charge in [0.1, 0.15) is 0 Å². The van der Waals surface area contributed by atoms with E-state index in [1.807, 2.05) is 30.3 Å². The molecule has 2 aromatic carbocycles. The van der Waals surface area contributed by atoms with Crippen molar-refractivity contribution in [3.8, 4) is 5.75 Å². The van der Waals surface area contributed by atoms with Crippen molar-refractivity contribution in [2.75, 3.05) is 5.43 Å². The number of alkyl halides is 3. The molecule has 0 saturated carbocycles. The fraction of sp³-hybridized carbons (Fsp3) is 0.143. The van der Waals surface area contributed by atoms with Gasteiger partial charge in [-0.1, -0.05) is 24.3 Å². The lowest BCUT2D eigenvalue weighted by Gasteiger charge is -2.12. The van der Waals surface area contributed by atoms with E-state index in [0.29, 0.717) is 5.56 Å². The Morgan fingerprint density at radius 2 is 1.71 bits per heavy atom. The summed E-state index contributed by atoms with van der Waals surface area (Å²) in [6, 6.07) is 12.5. The van der Waals surface area contributed by atoms with E-state index >= 15 is 0 Å². The highest BCUT2D eigenvalue weighted by Gasteiger charge is 2.32. The molecule has 0 unspecified atom stereocenters. The molecule has 0 amide bonds. The molecule has 7 heteroatoms. The van der Waals surface area contributed by atoms with Crippen LogP contribution in [-0.2, 0) is 6.54 Å². The first kappa shape index (κ1) is 15.1. The number of hydrogen-bond donors (Lipinski definition) is 2. The van der Waals surface area contributed by atoms with Gasteiger partial charge in [-0.2, -0.15) is 0 Å². The Morgan fingerprint density at radius 3 is 2.38 bits per heavy atom. The van der Waals surface area contributed by atoms with E-state index in [-0.39, 0.29) is 6.54 Å². The minimum Gasteiger partial charge on any atom is -0.403 e. The first-order valence-electron chi connectivity index (χ1n) is 6.02. The molecular formula is C14H12F4N2O. The molecule has 2 N–H and O–H groups in total. The van der Waals surface area contributed by atoms with Crippen LogP contribution in [0.5, 0.6) is 5.75 Å². The molecule has 3 nitrogen and oxygen atoms in total. The third kappa shape index (κ3) is 4.96. The summed E-state index contributed by atoms with van der Waals surface area (Å²) in [6.07, 6.45) is -4.92.